The number of halogens is 1. The molecule has 0 aliphatic carbocycles. The van der Waals surface area contributed by atoms with Crippen LogP contribution >= 0.6 is 0 Å². The van der Waals surface area contributed by atoms with Crippen molar-refractivity contribution in [1.29, 1.82) is 0 Å². The Morgan fingerprint density at radius 3 is 2.54 bits per heavy atom. The summed E-state index contributed by atoms with van der Waals surface area (Å²) in [5, 5.41) is 3.21. The smallest absolute Gasteiger partial charge is 0.219 e. The van der Waals surface area contributed by atoms with Crippen LogP contribution in [0, 0.1) is 5.82 Å². The summed E-state index contributed by atoms with van der Waals surface area (Å²) in [4.78, 5) is 8.16. The molecular weight excluding hydrogens is 359 g/mol. The predicted molar refractivity (Wildman–Crippen MR) is 108 cm³/mol. The van der Waals surface area contributed by atoms with Crippen LogP contribution in [0.2, 0.25) is 0 Å². The Kier molecular flexibility index (Phi) is 9.40. The van der Waals surface area contributed by atoms with Crippen LogP contribution in [0.5, 0.6) is 11.6 Å². The summed E-state index contributed by atoms with van der Waals surface area (Å²) in [5.41, 5.74) is 6.61. The quantitative estimate of drug-likeness (QED) is 0.571. The number of nitrogens with two attached hydrogens (primary N) is 1. The minimum atomic E-state index is -0.279. The maximum absolute atomic E-state index is 12.6. The zero-order valence-corrected chi connectivity index (χ0v) is 15.8. The third kappa shape index (κ3) is 8.11. The van der Waals surface area contributed by atoms with E-state index < -0.39 is 0 Å². The van der Waals surface area contributed by atoms with Crippen LogP contribution in [0.3, 0.4) is 0 Å². The molecule has 0 bridgehead atoms. The minimum absolute atomic E-state index is 0.279. The van der Waals surface area contributed by atoms with E-state index in [1.807, 2.05) is 18.2 Å². The average molecular weight is 384 g/mol. The summed E-state index contributed by atoms with van der Waals surface area (Å²) < 4.78 is 22.9. The van der Waals surface area contributed by atoms with Crippen molar-refractivity contribution < 1.29 is 13.9 Å². The number of ether oxygens (including phenoxy) is 2. The first kappa shape index (κ1) is 21.3. The first-order valence-electron chi connectivity index (χ1n) is 8.93. The van der Waals surface area contributed by atoms with E-state index in [0.717, 1.165) is 31.0 Å². The molecule has 0 radical (unpaired) electrons. The number of hydrogen-bond donors (Lipinski definition) is 2. The number of methoxy groups -OCH3 is 1. The van der Waals surface area contributed by atoms with Crippen LogP contribution in [-0.4, -0.2) is 30.2 Å². The van der Waals surface area contributed by atoms with E-state index in [9.17, 15) is 4.39 Å². The average Bonchev–Trinajstić information content (AvgIpc) is 2.74. The van der Waals surface area contributed by atoms with Gasteiger partial charge >= 0.3 is 0 Å². The van der Waals surface area contributed by atoms with Crippen LogP contribution in [0.1, 0.15) is 12.0 Å². The van der Waals surface area contributed by atoms with Crippen molar-refractivity contribution in [2.24, 2.45) is 5.73 Å². The fourth-order valence-corrected chi connectivity index (χ4v) is 2.16. The second kappa shape index (κ2) is 12.4. The summed E-state index contributed by atoms with van der Waals surface area (Å²) in [7, 11) is 1.70. The Morgan fingerprint density at radius 2 is 1.86 bits per heavy atom. The maximum atomic E-state index is 12.6. The number of nitrogens with zero attached hydrogens (tertiary/aromatic N) is 2. The third-order valence-corrected chi connectivity index (χ3v) is 3.57. The number of benzene rings is 1. The lowest BCUT2D eigenvalue weighted by Crippen LogP contribution is -2.06. The van der Waals surface area contributed by atoms with Gasteiger partial charge in [-0.05, 0) is 54.4 Å². The monoisotopic (exact) mass is 384 g/mol. The van der Waals surface area contributed by atoms with Crippen molar-refractivity contribution in [2.45, 2.75) is 13.0 Å². The van der Waals surface area contributed by atoms with Gasteiger partial charge in [0.2, 0.25) is 5.88 Å². The molecule has 3 aromatic rings. The minimum Gasteiger partial charge on any atom is -0.439 e. The lowest BCUT2D eigenvalue weighted by atomic mass is 10.2. The molecule has 0 atom stereocenters. The van der Waals surface area contributed by atoms with Crippen LogP contribution in [0.15, 0.2) is 67.0 Å². The second-order valence-electron chi connectivity index (χ2n) is 5.75. The molecule has 0 saturated carbocycles. The summed E-state index contributed by atoms with van der Waals surface area (Å²) in [6, 6.07) is 15.1. The van der Waals surface area contributed by atoms with Gasteiger partial charge in [0.25, 0.3) is 0 Å². The molecule has 28 heavy (non-hydrogen) atoms. The molecule has 3 N–H and O–H groups in total. The molecule has 6 nitrogen and oxygen atoms in total. The van der Waals surface area contributed by atoms with Gasteiger partial charge in [-0.1, -0.05) is 6.07 Å². The number of aromatic nitrogens is 2. The molecule has 0 aliphatic heterocycles. The fourth-order valence-electron chi connectivity index (χ4n) is 2.16. The molecule has 0 fully saturated rings. The van der Waals surface area contributed by atoms with Gasteiger partial charge in [0.05, 0.1) is 0 Å². The van der Waals surface area contributed by atoms with E-state index in [4.69, 9.17) is 15.2 Å². The van der Waals surface area contributed by atoms with E-state index in [1.165, 1.54) is 12.1 Å². The van der Waals surface area contributed by atoms with Crippen molar-refractivity contribution in [2.75, 3.05) is 25.6 Å². The summed E-state index contributed by atoms with van der Waals surface area (Å²) >= 11 is 0. The highest BCUT2D eigenvalue weighted by Gasteiger charge is 1.97. The lowest BCUT2D eigenvalue weighted by Gasteiger charge is -2.05. The Balaban J connectivity index is 0.000000200. The first-order valence-corrected chi connectivity index (χ1v) is 8.93. The molecule has 0 spiro atoms. The van der Waals surface area contributed by atoms with E-state index in [0.29, 0.717) is 18.2 Å². The standard InChI is InChI=1S/C11H8FNO.C10H17N3O/c12-9-4-6-10(7-5-9)14-11-3-1-2-8-13-11;1-14-6-2-4-12-10-7-9(8-11)3-5-13-10/h1-8H;3,5,7H,2,4,6,8,11H2,1H3,(H,12,13). The van der Waals surface area contributed by atoms with Crippen LogP contribution in [0.4, 0.5) is 10.2 Å². The van der Waals surface area contributed by atoms with E-state index in [2.05, 4.69) is 15.3 Å². The molecule has 3 rings (SSSR count). The highest BCUT2D eigenvalue weighted by molar-refractivity contribution is 5.37. The van der Waals surface area contributed by atoms with Gasteiger partial charge in [-0.2, -0.15) is 0 Å². The summed E-state index contributed by atoms with van der Waals surface area (Å²) in [6.45, 7) is 2.19. The molecule has 7 heteroatoms. The van der Waals surface area contributed by atoms with Crippen molar-refractivity contribution in [3.63, 3.8) is 0 Å². The third-order valence-electron chi connectivity index (χ3n) is 3.57. The van der Waals surface area contributed by atoms with Gasteiger partial charge in [-0.25, -0.2) is 14.4 Å². The van der Waals surface area contributed by atoms with Gasteiger partial charge in [0, 0.05) is 45.3 Å². The van der Waals surface area contributed by atoms with Gasteiger partial charge in [0.15, 0.2) is 0 Å². The van der Waals surface area contributed by atoms with Gasteiger partial charge < -0.3 is 20.5 Å². The predicted octanol–water partition coefficient (Wildman–Crippen LogP) is 4.00. The fraction of sp³-hybridized carbons (Fsp3) is 0.238. The van der Waals surface area contributed by atoms with Crippen molar-refractivity contribution in [3.05, 3.63) is 78.4 Å². The molecule has 148 valence electrons. The zero-order chi connectivity index (χ0) is 20.0. The lowest BCUT2D eigenvalue weighted by molar-refractivity contribution is 0.198. The first-order chi connectivity index (χ1) is 13.7. The van der Waals surface area contributed by atoms with Crippen LogP contribution < -0.4 is 15.8 Å². The Morgan fingerprint density at radius 1 is 1.04 bits per heavy atom. The molecule has 0 saturated heterocycles. The van der Waals surface area contributed by atoms with Crippen molar-refractivity contribution >= 4 is 5.82 Å². The second-order valence-corrected chi connectivity index (χ2v) is 5.75. The van der Waals surface area contributed by atoms with Crippen molar-refractivity contribution in [1.82, 2.24) is 9.97 Å². The topological polar surface area (TPSA) is 82.3 Å². The summed E-state index contributed by atoms with van der Waals surface area (Å²) in [5.74, 6) is 1.67. The maximum Gasteiger partial charge on any atom is 0.219 e. The SMILES string of the molecule is COCCCNc1cc(CN)ccn1.Fc1ccc(Oc2ccccn2)cc1. The van der Waals surface area contributed by atoms with Gasteiger partial charge in [-0.15, -0.1) is 0 Å². The van der Waals surface area contributed by atoms with E-state index in [-0.39, 0.29) is 5.82 Å². The van der Waals surface area contributed by atoms with E-state index in [1.54, 1.807) is 43.8 Å². The molecule has 0 unspecified atom stereocenters. The molecule has 1 aromatic carbocycles. The molecule has 2 heterocycles. The normalized spacial score (nSPS) is 9.96. The highest BCUT2D eigenvalue weighted by Crippen LogP contribution is 2.18. The number of anilines is 1. The summed E-state index contributed by atoms with van der Waals surface area (Å²) in [6.07, 6.45) is 4.38. The number of hydrogen-bond acceptors (Lipinski definition) is 6. The number of nitrogens with one attached hydrogen (secondary N) is 1. The largest absolute Gasteiger partial charge is 0.439 e. The van der Waals surface area contributed by atoms with Crippen molar-refractivity contribution in [3.8, 4) is 11.6 Å². The number of rotatable bonds is 8. The highest BCUT2D eigenvalue weighted by atomic mass is 19.1. The molecule has 0 aliphatic rings. The van der Waals surface area contributed by atoms with Crippen LogP contribution in [0.25, 0.3) is 0 Å². The Labute approximate surface area is 164 Å². The van der Waals surface area contributed by atoms with Gasteiger partial charge in [-0.3, -0.25) is 0 Å². The molecule has 2 aromatic heterocycles. The molecule has 0 amide bonds. The van der Waals surface area contributed by atoms with E-state index >= 15 is 0 Å². The Bertz CT molecular complexity index is 801. The van der Waals surface area contributed by atoms with Gasteiger partial charge in [0.1, 0.15) is 17.4 Å². The Hall–Kier alpha value is -3.03. The molecular formula is C21H25FN4O2. The zero-order valence-electron chi connectivity index (χ0n) is 15.8. The number of pyridine rings is 2. The van der Waals surface area contributed by atoms with Crippen LogP contribution in [-0.2, 0) is 11.3 Å².